The van der Waals surface area contributed by atoms with Gasteiger partial charge in [0.05, 0.1) is 0 Å². The number of rotatable bonds is 2. The van der Waals surface area contributed by atoms with Crippen LogP contribution in [0.25, 0.3) is 0 Å². The second-order valence-electron chi connectivity index (χ2n) is 12.9. The third kappa shape index (κ3) is 3.49. The molecule has 6 saturated heterocycles. The van der Waals surface area contributed by atoms with Crippen molar-refractivity contribution < 1.29 is 4.79 Å². The molecule has 0 aromatic rings. The van der Waals surface area contributed by atoms with Crippen molar-refractivity contribution in [2.45, 2.75) is 109 Å². The normalized spacial score (nSPS) is 50.2. The van der Waals surface area contributed by atoms with E-state index in [0.29, 0.717) is 35.7 Å². The Labute approximate surface area is 196 Å². The Morgan fingerprint density at radius 3 is 2.47 bits per heavy atom. The van der Waals surface area contributed by atoms with Crippen LogP contribution in [0, 0.1) is 35.5 Å². The number of hydrogen-bond acceptors (Lipinski definition) is 3. The molecule has 0 aromatic carbocycles. The molecular weight excluding hydrogens is 394 g/mol. The van der Waals surface area contributed by atoms with Gasteiger partial charge in [-0.3, -0.25) is 9.69 Å². The Bertz CT molecular complexity index is 711. The standard InChI is InChI=1S/C28H47N3O/c1-18-16-24(28(32)31-11-5-4-8-25(18)31)21-9-13-29-14-10-23(20(3)26(29)17-21)27-19(2)15-22-7-6-12-30(22)27/h18-27H,4-17H2,1-3H3. The lowest BCUT2D eigenvalue weighted by atomic mass is 9.66. The third-order valence-corrected chi connectivity index (χ3v) is 11.3. The van der Waals surface area contributed by atoms with Gasteiger partial charge < -0.3 is 9.80 Å². The quantitative estimate of drug-likeness (QED) is 0.625. The molecule has 1 amide bonds. The maximum atomic E-state index is 13.6. The summed E-state index contributed by atoms with van der Waals surface area (Å²) in [7, 11) is 0. The molecule has 0 saturated carbocycles. The number of amides is 1. The van der Waals surface area contributed by atoms with Crippen LogP contribution in [-0.4, -0.2) is 71.0 Å². The Kier molecular flexibility index (Phi) is 5.85. The SMILES string of the molecule is CC1CC(C2CCN3CCC(C4C(C)CC5CCCN54)C(C)C3C2)C(=O)N2CCCCC12. The fraction of sp³-hybridized carbons (Fsp3) is 0.964. The first-order valence-corrected chi connectivity index (χ1v) is 14.3. The van der Waals surface area contributed by atoms with E-state index in [1.54, 1.807) is 0 Å². The summed E-state index contributed by atoms with van der Waals surface area (Å²) in [4.78, 5) is 21.7. The van der Waals surface area contributed by atoms with Gasteiger partial charge in [-0.15, -0.1) is 0 Å². The Morgan fingerprint density at radius 1 is 0.750 bits per heavy atom. The zero-order valence-electron chi connectivity index (χ0n) is 20.9. The molecule has 32 heavy (non-hydrogen) atoms. The van der Waals surface area contributed by atoms with E-state index >= 15 is 0 Å². The van der Waals surface area contributed by atoms with Gasteiger partial charge in [-0.2, -0.15) is 0 Å². The van der Waals surface area contributed by atoms with Crippen molar-refractivity contribution in [3.8, 4) is 0 Å². The molecule has 180 valence electrons. The minimum Gasteiger partial charge on any atom is -0.339 e. The smallest absolute Gasteiger partial charge is 0.226 e. The van der Waals surface area contributed by atoms with Crippen LogP contribution >= 0.6 is 0 Å². The first-order valence-electron chi connectivity index (χ1n) is 14.3. The summed E-state index contributed by atoms with van der Waals surface area (Å²) in [6.45, 7) is 12.5. The van der Waals surface area contributed by atoms with Crippen molar-refractivity contribution in [3.05, 3.63) is 0 Å². The van der Waals surface area contributed by atoms with Crippen molar-refractivity contribution in [2.75, 3.05) is 26.2 Å². The number of carbonyl (C=O) groups excluding carboxylic acids is 1. The number of nitrogens with zero attached hydrogens (tertiary/aromatic N) is 3. The summed E-state index contributed by atoms with van der Waals surface area (Å²) in [5.74, 6) is 4.67. The van der Waals surface area contributed by atoms with E-state index in [2.05, 4.69) is 35.5 Å². The minimum atomic E-state index is 0.308. The molecule has 4 heteroatoms. The van der Waals surface area contributed by atoms with Crippen LogP contribution < -0.4 is 0 Å². The van der Waals surface area contributed by atoms with Crippen molar-refractivity contribution in [1.82, 2.24) is 14.7 Å². The van der Waals surface area contributed by atoms with Crippen LogP contribution in [0.2, 0.25) is 0 Å². The van der Waals surface area contributed by atoms with E-state index in [4.69, 9.17) is 0 Å². The molecule has 0 aromatic heterocycles. The van der Waals surface area contributed by atoms with E-state index < -0.39 is 0 Å². The maximum absolute atomic E-state index is 13.6. The number of carbonyl (C=O) groups is 1. The highest BCUT2D eigenvalue weighted by Crippen LogP contribution is 2.48. The summed E-state index contributed by atoms with van der Waals surface area (Å²) in [6, 6.07) is 2.97. The maximum Gasteiger partial charge on any atom is 0.226 e. The van der Waals surface area contributed by atoms with Gasteiger partial charge in [0.1, 0.15) is 0 Å². The van der Waals surface area contributed by atoms with Gasteiger partial charge in [-0.25, -0.2) is 0 Å². The topological polar surface area (TPSA) is 26.8 Å². The van der Waals surface area contributed by atoms with Crippen molar-refractivity contribution in [1.29, 1.82) is 0 Å². The van der Waals surface area contributed by atoms with Crippen LogP contribution in [0.1, 0.15) is 85.0 Å². The Balaban J connectivity index is 1.17. The average Bonchev–Trinajstić information content (AvgIpc) is 3.37. The van der Waals surface area contributed by atoms with Crippen LogP contribution in [0.4, 0.5) is 0 Å². The van der Waals surface area contributed by atoms with E-state index in [0.717, 1.165) is 42.8 Å². The van der Waals surface area contributed by atoms with Crippen molar-refractivity contribution in [3.63, 3.8) is 0 Å². The number of piperidine rings is 4. The van der Waals surface area contributed by atoms with Gasteiger partial charge in [-0.1, -0.05) is 20.8 Å². The molecule has 0 aliphatic carbocycles. The molecule has 0 spiro atoms. The van der Waals surface area contributed by atoms with E-state index in [-0.39, 0.29) is 0 Å². The summed E-state index contributed by atoms with van der Waals surface area (Å²) in [6.07, 6.45) is 13.2. The van der Waals surface area contributed by atoms with Crippen molar-refractivity contribution in [2.24, 2.45) is 35.5 Å². The molecule has 6 aliphatic rings. The highest BCUT2D eigenvalue weighted by molar-refractivity contribution is 5.80. The molecule has 0 radical (unpaired) electrons. The molecule has 4 nitrogen and oxygen atoms in total. The zero-order valence-corrected chi connectivity index (χ0v) is 20.9. The van der Waals surface area contributed by atoms with E-state index in [1.165, 1.54) is 77.4 Å². The summed E-state index contributed by atoms with van der Waals surface area (Å²) in [5.41, 5.74) is 0. The molecule has 10 atom stereocenters. The van der Waals surface area contributed by atoms with Crippen LogP contribution in [0.3, 0.4) is 0 Å². The minimum absolute atomic E-state index is 0.308. The fourth-order valence-electron chi connectivity index (χ4n) is 9.76. The lowest BCUT2D eigenvalue weighted by molar-refractivity contribution is -0.151. The third-order valence-electron chi connectivity index (χ3n) is 11.3. The summed E-state index contributed by atoms with van der Waals surface area (Å²) < 4.78 is 0. The molecule has 0 bridgehead atoms. The Hall–Kier alpha value is -0.610. The second kappa shape index (κ2) is 8.56. The zero-order chi connectivity index (χ0) is 22.0. The number of fused-ring (bicyclic) bond motifs is 3. The first kappa shape index (κ1) is 21.9. The van der Waals surface area contributed by atoms with Crippen LogP contribution in [0.5, 0.6) is 0 Å². The molecule has 6 fully saturated rings. The van der Waals surface area contributed by atoms with Gasteiger partial charge in [0.25, 0.3) is 0 Å². The van der Waals surface area contributed by atoms with E-state index in [9.17, 15) is 4.79 Å². The molecule has 6 aliphatic heterocycles. The number of hydrogen-bond donors (Lipinski definition) is 0. The largest absolute Gasteiger partial charge is 0.339 e. The second-order valence-corrected chi connectivity index (χ2v) is 12.9. The lowest BCUT2D eigenvalue weighted by Gasteiger charge is -2.54. The molecule has 6 rings (SSSR count). The predicted octanol–water partition coefficient (Wildman–Crippen LogP) is 4.63. The summed E-state index contributed by atoms with van der Waals surface area (Å²) in [5, 5.41) is 0. The van der Waals surface area contributed by atoms with Gasteiger partial charge in [-0.05, 0) is 113 Å². The van der Waals surface area contributed by atoms with Crippen LogP contribution in [-0.2, 0) is 4.79 Å². The highest BCUT2D eigenvalue weighted by atomic mass is 16.2. The van der Waals surface area contributed by atoms with Gasteiger partial charge in [0.15, 0.2) is 0 Å². The molecule has 0 N–H and O–H groups in total. The van der Waals surface area contributed by atoms with Crippen molar-refractivity contribution >= 4 is 5.91 Å². The van der Waals surface area contributed by atoms with Gasteiger partial charge >= 0.3 is 0 Å². The monoisotopic (exact) mass is 441 g/mol. The highest BCUT2D eigenvalue weighted by Gasteiger charge is 2.51. The Morgan fingerprint density at radius 2 is 1.59 bits per heavy atom. The average molecular weight is 442 g/mol. The van der Waals surface area contributed by atoms with Gasteiger partial charge in [0.2, 0.25) is 5.91 Å². The van der Waals surface area contributed by atoms with Crippen LogP contribution in [0.15, 0.2) is 0 Å². The molecule has 10 unspecified atom stereocenters. The van der Waals surface area contributed by atoms with Gasteiger partial charge in [0, 0.05) is 36.6 Å². The molecule has 6 heterocycles. The predicted molar refractivity (Wildman–Crippen MR) is 129 cm³/mol. The van der Waals surface area contributed by atoms with E-state index in [1.807, 2.05) is 0 Å². The fourth-order valence-corrected chi connectivity index (χ4v) is 9.76. The first-order chi connectivity index (χ1) is 15.5. The lowest BCUT2D eigenvalue weighted by Crippen LogP contribution is -2.59. The molecular formula is C28H47N3O. The summed E-state index contributed by atoms with van der Waals surface area (Å²) >= 11 is 0.